The van der Waals surface area contributed by atoms with Crippen molar-refractivity contribution in [3.05, 3.63) is 44.3 Å². The lowest BCUT2D eigenvalue weighted by molar-refractivity contribution is -0.385. The molecule has 1 amide bonds. The minimum Gasteiger partial charge on any atom is -0.490 e. The summed E-state index contributed by atoms with van der Waals surface area (Å²) < 4.78 is 4.76. The molecule has 0 spiro atoms. The molecule has 0 atom stereocenters. The van der Waals surface area contributed by atoms with Crippen molar-refractivity contribution in [3.8, 4) is 5.75 Å². The molecule has 0 aliphatic heterocycles. The summed E-state index contributed by atoms with van der Waals surface area (Å²) in [6.07, 6.45) is 0. The topological polar surface area (TPSA) is 118 Å². The van der Waals surface area contributed by atoms with Gasteiger partial charge in [-0.25, -0.2) is 0 Å². The van der Waals surface area contributed by atoms with Crippen LogP contribution in [-0.4, -0.2) is 17.9 Å². The van der Waals surface area contributed by atoms with Crippen molar-refractivity contribution in [1.29, 1.82) is 0 Å². The number of carbonyl (C=O) groups excluding carboxylic acids is 1. The van der Waals surface area contributed by atoms with Gasteiger partial charge in [-0.2, -0.15) is 0 Å². The highest BCUT2D eigenvalue weighted by Gasteiger charge is 2.21. The molecular weight excluding hydrogens is 216 g/mol. The Bertz CT molecular complexity index is 493. The Morgan fingerprint density at radius 1 is 1.62 bits per heavy atom. The summed E-state index contributed by atoms with van der Waals surface area (Å²) in [4.78, 5) is 23.5. The summed E-state index contributed by atoms with van der Waals surface area (Å²) in [7, 11) is 1.19. The van der Waals surface area contributed by atoms with Crippen molar-refractivity contribution in [2.75, 3.05) is 7.11 Å². The van der Waals surface area contributed by atoms with Gasteiger partial charge in [0.25, 0.3) is 5.91 Å². The van der Waals surface area contributed by atoms with Crippen molar-refractivity contribution >= 4 is 11.6 Å². The first-order chi connectivity index (χ1) is 7.61. The number of ether oxygens (including phenoxy) is 1. The predicted octanol–water partition coefficient (Wildman–Crippen LogP) is 2.05. The lowest BCUT2D eigenvalue weighted by Crippen LogP contribution is -2.01. The molecule has 8 heteroatoms. The third-order valence-electron chi connectivity index (χ3n) is 1.76. The Labute approximate surface area is 89.2 Å². The molecule has 0 heterocycles. The quantitative estimate of drug-likeness (QED) is 0.255. The van der Waals surface area contributed by atoms with Gasteiger partial charge in [-0.15, -0.1) is 0 Å². The largest absolute Gasteiger partial charge is 0.490 e. The zero-order valence-corrected chi connectivity index (χ0v) is 8.15. The molecule has 0 aromatic heterocycles. The van der Waals surface area contributed by atoms with Gasteiger partial charge in [0.2, 0.25) is 5.75 Å². The molecule has 0 saturated carbocycles. The highest BCUT2D eigenvalue weighted by atomic mass is 16.6. The van der Waals surface area contributed by atoms with Crippen LogP contribution in [-0.2, 0) is 0 Å². The first-order valence-electron chi connectivity index (χ1n) is 4.02. The van der Waals surface area contributed by atoms with Crippen LogP contribution in [0.15, 0.2) is 23.3 Å². The van der Waals surface area contributed by atoms with Gasteiger partial charge in [0.15, 0.2) is 0 Å². The van der Waals surface area contributed by atoms with Gasteiger partial charge >= 0.3 is 5.69 Å². The van der Waals surface area contributed by atoms with Gasteiger partial charge in [0.1, 0.15) is 0 Å². The predicted molar refractivity (Wildman–Crippen MR) is 53.1 cm³/mol. The maximum atomic E-state index is 11.3. The van der Waals surface area contributed by atoms with Crippen LogP contribution in [0, 0.1) is 10.1 Å². The number of hydrogen-bond acceptors (Lipinski definition) is 4. The molecule has 1 aromatic carbocycles. The Balaban J connectivity index is 3.40. The van der Waals surface area contributed by atoms with Crippen LogP contribution >= 0.6 is 0 Å². The lowest BCUT2D eigenvalue weighted by Gasteiger charge is -2.04. The first kappa shape index (κ1) is 11.5. The Morgan fingerprint density at radius 3 is 2.81 bits per heavy atom. The van der Waals surface area contributed by atoms with Gasteiger partial charge in [-0.3, -0.25) is 14.9 Å². The summed E-state index contributed by atoms with van der Waals surface area (Å²) >= 11 is 0. The molecule has 16 heavy (non-hydrogen) atoms. The Hall–Kier alpha value is -2.60. The molecule has 0 radical (unpaired) electrons. The van der Waals surface area contributed by atoms with E-state index in [-0.39, 0.29) is 17.0 Å². The maximum absolute atomic E-state index is 11.3. The van der Waals surface area contributed by atoms with Crippen molar-refractivity contribution in [2.45, 2.75) is 0 Å². The summed E-state index contributed by atoms with van der Waals surface area (Å²) in [6, 6.07) is 3.77. The highest BCUT2D eigenvalue weighted by Crippen LogP contribution is 2.30. The number of nitro benzene ring substituents is 1. The zero-order valence-electron chi connectivity index (χ0n) is 8.15. The Morgan fingerprint density at radius 2 is 2.31 bits per heavy atom. The van der Waals surface area contributed by atoms with E-state index in [1.54, 1.807) is 0 Å². The third-order valence-corrected chi connectivity index (χ3v) is 1.76. The third kappa shape index (κ3) is 2.07. The van der Waals surface area contributed by atoms with E-state index in [0.717, 1.165) is 0 Å². The van der Waals surface area contributed by atoms with E-state index in [2.05, 4.69) is 10.0 Å². The van der Waals surface area contributed by atoms with E-state index in [0.29, 0.717) is 0 Å². The van der Waals surface area contributed by atoms with E-state index in [9.17, 15) is 14.9 Å². The molecule has 0 unspecified atom stereocenters. The molecular formula is C8H6N4O4. The van der Waals surface area contributed by atoms with Crippen LogP contribution in [0.4, 0.5) is 5.69 Å². The van der Waals surface area contributed by atoms with Gasteiger partial charge < -0.3 is 4.74 Å². The van der Waals surface area contributed by atoms with Crippen LogP contribution in [0.1, 0.15) is 10.4 Å². The van der Waals surface area contributed by atoms with E-state index < -0.39 is 10.8 Å². The fourth-order valence-electron chi connectivity index (χ4n) is 1.15. The van der Waals surface area contributed by atoms with E-state index in [1.807, 2.05) is 0 Å². The van der Waals surface area contributed by atoms with E-state index in [1.165, 1.54) is 25.3 Å². The second-order valence-corrected chi connectivity index (χ2v) is 2.61. The van der Waals surface area contributed by atoms with Crippen molar-refractivity contribution in [3.63, 3.8) is 0 Å². The average Bonchev–Trinajstić information content (AvgIpc) is 2.28. The molecule has 0 N–H and O–H groups in total. The number of benzene rings is 1. The monoisotopic (exact) mass is 222 g/mol. The number of methoxy groups -OCH3 is 1. The van der Waals surface area contributed by atoms with Crippen LogP contribution in [0.25, 0.3) is 10.4 Å². The molecule has 1 aromatic rings. The van der Waals surface area contributed by atoms with Crippen molar-refractivity contribution in [1.82, 2.24) is 0 Å². The number of rotatable bonds is 3. The van der Waals surface area contributed by atoms with Crippen LogP contribution < -0.4 is 4.74 Å². The maximum Gasteiger partial charge on any atom is 0.311 e. The molecule has 82 valence electrons. The lowest BCUT2D eigenvalue weighted by atomic mass is 10.1. The second-order valence-electron chi connectivity index (χ2n) is 2.61. The minimum atomic E-state index is -0.928. The number of nitro groups is 1. The highest BCUT2D eigenvalue weighted by molar-refractivity contribution is 5.98. The average molecular weight is 222 g/mol. The van der Waals surface area contributed by atoms with E-state index >= 15 is 0 Å². The standard InChI is InChI=1S/C8H6N4O4/c1-16-7-5(8(13)10-11-9)3-2-4-6(7)12(14)15/h2-4H,1H3. The first-order valence-corrected chi connectivity index (χ1v) is 4.02. The number of carbonyl (C=O) groups is 1. The normalized spacial score (nSPS) is 9.06. The number of amides is 1. The molecule has 0 saturated heterocycles. The summed E-state index contributed by atoms with van der Waals surface area (Å²) in [6.45, 7) is 0. The molecule has 0 aliphatic rings. The smallest absolute Gasteiger partial charge is 0.311 e. The van der Waals surface area contributed by atoms with Crippen LogP contribution in [0.5, 0.6) is 5.75 Å². The number of azide groups is 1. The molecule has 0 fully saturated rings. The van der Waals surface area contributed by atoms with Gasteiger partial charge in [-0.05, 0) is 16.7 Å². The van der Waals surface area contributed by atoms with Gasteiger partial charge in [0.05, 0.1) is 17.6 Å². The summed E-state index contributed by atoms with van der Waals surface area (Å²) in [5.41, 5.74) is 7.60. The SMILES string of the molecule is COc1c(C(=O)N=[N+]=[N-])cccc1[N+](=O)[O-]. The molecule has 0 aliphatic carbocycles. The molecule has 0 bridgehead atoms. The fourth-order valence-corrected chi connectivity index (χ4v) is 1.15. The van der Waals surface area contributed by atoms with Gasteiger partial charge in [0, 0.05) is 11.0 Å². The number of hydrogen-bond donors (Lipinski definition) is 0. The minimum absolute atomic E-state index is 0.144. The van der Waals surface area contributed by atoms with Crippen LogP contribution in [0.3, 0.4) is 0 Å². The second kappa shape index (κ2) is 4.76. The van der Waals surface area contributed by atoms with Crippen molar-refractivity contribution < 1.29 is 14.5 Å². The van der Waals surface area contributed by atoms with E-state index in [4.69, 9.17) is 10.3 Å². The molecule has 8 nitrogen and oxygen atoms in total. The summed E-state index contributed by atoms with van der Waals surface area (Å²) in [5.74, 6) is -1.15. The van der Waals surface area contributed by atoms with Crippen LogP contribution in [0.2, 0.25) is 0 Å². The molecule has 1 rings (SSSR count). The number of nitrogens with zero attached hydrogens (tertiary/aromatic N) is 4. The number of para-hydroxylation sites is 1. The van der Waals surface area contributed by atoms with Gasteiger partial charge in [-0.1, -0.05) is 6.07 Å². The Kier molecular flexibility index (Phi) is 3.41. The zero-order chi connectivity index (χ0) is 12.1. The fraction of sp³-hybridized carbons (Fsp3) is 0.125. The summed E-state index contributed by atoms with van der Waals surface area (Å²) in [5, 5.41) is 13.5. The van der Waals surface area contributed by atoms with Crippen molar-refractivity contribution in [2.24, 2.45) is 5.11 Å².